The lowest BCUT2D eigenvalue weighted by Gasteiger charge is -2.19. The van der Waals surface area contributed by atoms with Crippen molar-refractivity contribution in [2.45, 2.75) is 27.2 Å². The van der Waals surface area contributed by atoms with Gasteiger partial charge in [0.25, 0.3) is 5.91 Å². The van der Waals surface area contributed by atoms with Gasteiger partial charge in [-0.15, -0.1) is 0 Å². The Morgan fingerprint density at radius 3 is 2.70 bits per heavy atom. The summed E-state index contributed by atoms with van der Waals surface area (Å²) in [6.07, 6.45) is 3.92. The number of carbonyl (C=O) groups is 1. The lowest BCUT2D eigenvalue weighted by atomic mass is 9.89. The van der Waals surface area contributed by atoms with Gasteiger partial charge in [-0.3, -0.25) is 4.79 Å². The second-order valence-electron chi connectivity index (χ2n) is 5.88. The SMILES string of the molecule is CN(C(=O)c1csnc1CC(C)(C)C)c1ccnnc1. The highest BCUT2D eigenvalue weighted by Crippen LogP contribution is 2.25. The maximum Gasteiger partial charge on any atom is 0.260 e. The predicted octanol–water partition coefficient (Wildman–Crippen LogP) is 2.80. The molecule has 2 rings (SSSR count). The molecule has 0 saturated heterocycles. The molecule has 0 unspecified atom stereocenters. The van der Waals surface area contributed by atoms with Crippen LogP contribution in [0, 0.1) is 5.41 Å². The first-order valence-electron chi connectivity index (χ1n) is 6.36. The summed E-state index contributed by atoms with van der Waals surface area (Å²) in [7, 11) is 1.73. The fourth-order valence-electron chi connectivity index (χ4n) is 1.84. The molecule has 1 amide bonds. The van der Waals surface area contributed by atoms with Crippen LogP contribution < -0.4 is 4.90 Å². The van der Waals surface area contributed by atoms with Gasteiger partial charge in [-0.2, -0.15) is 14.6 Å². The summed E-state index contributed by atoms with van der Waals surface area (Å²) in [5.74, 6) is -0.0639. The molecule has 0 aromatic carbocycles. The number of hydrogen-bond acceptors (Lipinski definition) is 5. The van der Waals surface area contributed by atoms with Crippen LogP contribution in [-0.2, 0) is 6.42 Å². The smallest absolute Gasteiger partial charge is 0.260 e. The molecule has 2 heterocycles. The highest BCUT2D eigenvalue weighted by Gasteiger charge is 2.23. The van der Waals surface area contributed by atoms with Gasteiger partial charge in [-0.1, -0.05) is 20.8 Å². The summed E-state index contributed by atoms with van der Waals surface area (Å²) in [5, 5.41) is 9.33. The molecule has 0 aliphatic rings. The van der Waals surface area contributed by atoms with Crippen molar-refractivity contribution >= 4 is 23.1 Å². The van der Waals surface area contributed by atoms with Crippen molar-refractivity contribution < 1.29 is 4.79 Å². The molecule has 0 saturated carbocycles. The number of anilines is 1. The van der Waals surface area contributed by atoms with Crippen LogP contribution in [-0.4, -0.2) is 27.5 Å². The van der Waals surface area contributed by atoms with Crippen LogP contribution in [0.1, 0.15) is 36.8 Å². The third-order valence-electron chi connectivity index (χ3n) is 2.83. The van der Waals surface area contributed by atoms with E-state index in [-0.39, 0.29) is 11.3 Å². The first-order valence-corrected chi connectivity index (χ1v) is 7.20. The van der Waals surface area contributed by atoms with Gasteiger partial charge >= 0.3 is 0 Å². The fourth-order valence-corrected chi connectivity index (χ4v) is 2.53. The van der Waals surface area contributed by atoms with Gasteiger partial charge in [0.15, 0.2) is 0 Å². The third-order valence-corrected chi connectivity index (χ3v) is 3.50. The molecule has 0 bridgehead atoms. The number of amides is 1. The van der Waals surface area contributed by atoms with E-state index >= 15 is 0 Å². The molecule has 20 heavy (non-hydrogen) atoms. The molecule has 6 heteroatoms. The van der Waals surface area contributed by atoms with Crippen molar-refractivity contribution in [3.8, 4) is 0 Å². The third kappa shape index (κ3) is 3.39. The van der Waals surface area contributed by atoms with Crippen molar-refractivity contribution in [3.05, 3.63) is 35.1 Å². The predicted molar refractivity (Wildman–Crippen MR) is 80.0 cm³/mol. The lowest BCUT2D eigenvalue weighted by molar-refractivity contribution is 0.0992. The van der Waals surface area contributed by atoms with Crippen molar-refractivity contribution in [2.24, 2.45) is 5.41 Å². The van der Waals surface area contributed by atoms with Crippen molar-refractivity contribution in [2.75, 3.05) is 11.9 Å². The zero-order chi connectivity index (χ0) is 14.8. The Kier molecular flexibility index (Phi) is 4.13. The van der Waals surface area contributed by atoms with Crippen LogP contribution >= 0.6 is 11.5 Å². The second-order valence-corrected chi connectivity index (χ2v) is 6.51. The lowest BCUT2D eigenvalue weighted by Crippen LogP contribution is -2.27. The average Bonchev–Trinajstić information content (AvgIpc) is 2.84. The molecule has 2 aromatic heterocycles. The van der Waals surface area contributed by atoms with Crippen molar-refractivity contribution in [1.29, 1.82) is 0 Å². The van der Waals surface area contributed by atoms with Gasteiger partial charge in [0.1, 0.15) is 0 Å². The van der Waals surface area contributed by atoms with E-state index in [4.69, 9.17) is 0 Å². The van der Waals surface area contributed by atoms with E-state index in [2.05, 4.69) is 35.3 Å². The van der Waals surface area contributed by atoms with Gasteiger partial charge in [0.2, 0.25) is 0 Å². The minimum Gasteiger partial charge on any atom is -0.310 e. The molecule has 0 fully saturated rings. The van der Waals surface area contributed by atoms with Crippen LogP contribution in [0.5, 0.6) is 0 Å². The van der Waals surface area contributed by atoms with Crippen molar-refractivity contribution in [3.63, 3.8) is 0 Å². The van der Waals surface area contributed by atoms with Gasteiger partial charge in [0.05, 0.1) is 29.3 Å². The van der Waals surface area contributed by atoms with Crippen LogP contribution in [0.15, 0.2) is 23.8 Å². The number of rotatable bonds is 3. The van der Waals surface area contributed by atoms with Crippen LogP contribution in [0.25, 0.3) is 0 Å². The quantitative estimate of drug-likeness (QED) is 0.872. The summed E-state index contributed by atoms with van der Waals surface area (Å²) in [4.78, 5) is 14.1. The maximum absolute atomic E-state index is 12.6. The number of nitrogens with zero attached hydrogens (tertiary/aromatic N) is 4. The minimum absolute atomic E-state index is 0.0639. The first-order chi connectivity index (χ1) is 9.38. The van der Waals surface area contributed by atoms with Crippen LogP contribution in [0.4, 0.5) is 5.69 Å². The summed E-state index contributed by atoms with van der Waals surface area (Å²) in [6, 6.07) is 1.76. The molecular formula is C14H18N4OS. The largest absolute Gasteiger partial charge is 0.310 e. The number of carbonyl (C=O) groups excluding carboxylic acids is 1. The van der Waals surface area contributed by atoms with Crippen LogP contribution in [0.2, 0.25) is 0 Å². The summed E-state index contributed by atoms with van der Waals surface area (Å²) in [6.45, 7) is 6.41. The van der Waals surface area contributed by atoms with Gasteiger partial charge < -0.3 is 4.90 Å². The highest BCUT2D eigenvalue weighted by molar-refractivity contribution is 7.04. The van der Waals surface area contributed by atoms with E-state index in [9.17, 15) is 4.79 Å². The average molecular weight is 290 g/mol. The van der Waals surface area contributed by atoms with E-state index in [1.165, 1.54) is 11.5 Å². The topological polar surface area (TPSA) is 59.0 Å². The molecule has 0 aliphatic heterocycles. The summed E-state index contributed by atoms with van der Waals surface area (Å²) in [5.41, 5.74) is 2.35. The Hall–Kier alpha value is -1.82. The molecule has 0 atom stereocenters. The number of aromatic nitrogens is 3. The first kappa shape index (κ1) is 14.6. The van der Waals surface area contributed by atoms with Gasteiger partial charge in [-0.05, 0) is 29.4 Å². The minimum atomic E-state index is -0.0639. The van der Waals surface area contributed by atoms with E-state index in [0.29, 0.717) is 5.56 Å². The standard InChI is InChI=1S/C14H18N4OS/c1-14(2,3)7-12-11(9-20-17-12)13(19)18(4)10-5-6-15-16-8-10/h5-6,8-9H,7H2,1-4H3. The summed E-state index contributed by atoms with van der Waals surface area (Å²) >= 11 is 1.32. The van der Waals surface area contributed by atoms with E-state index in [0.717, 1.165) is 17.8 Å². The van der Waals surface area contributed by atoms with Crippen molar-refractivity contribution in [1.82, 2.24) is 14.6 Å². The monoisotopic (exact) mass is 290 g/mol. The van der Waals surface area contributed by atoms with E-state index in [1.807, 2.05) is 5.38 Å². The molecule has 5 nitrogen and oxygen atoms in total. The molecule has 0 N–H and O–H groups in total. The Bertz CT molecular complexity index is 589. The van der Waals surface area contributed by atoms with Crippen LogP contribution in [0.3, 0.4) is 0 Å². The Labute approximate surface area is 122 Å². The fraction of sp³-hybridized carbons (Fsp3) is 0.429. The molecular weight excluding hydrogens is 272 g/mol. The highest BCUT2D eigenvalue weighted by atomic mass is 32.1. The van der Waals surface area contributed by atoms with Gasteiger partial charge in [0, 0.05) is 12.4 Å². The Balaban J connectivity index is 2.24. The Morgan fingerprint density at radius 2 is 2.10 bits per heavy atom. The Morgan fingerprint density at radius 1 is 1.35 bits per heavy atom. The molecule has 0 spiro atoms. The maximum atomic E-state index is 12.6. The second kappa shape index (κ2) is 5.66. The van der Waals surface area contributed by atoms with E-state index < -0.39 is 0 Å². The molecule has 2 aromatic rings. The summed E-state index contributed by atoms with van der Waals surface area (Å²) < 4.78 is 4.36. The zero-order valence-corrected chi connectivity index (χ0v) is 12.9. The van der Waals surface area contributed by atoms with E-state index in [1.54, 1.807) is 30.4 Å². The normalized spacial score (nSPS) is 11.4. The zero-order valence-electron chi connectivity index (χ0n) is 12.1. The molecule has 106 valence electrons. The number of hydrogen-bond donors (Lipinski definition) is 0. The van der Waals surface area contributed by atoms with Gasteiger partial charge in [-0.25, -0.2) is 0 Å². The molecule has 0 radical (unpaired) electrons. The molecule has 0 aliphatic carbocycles.